The summed E-state index contributed by atoms with van der Waals surface area (Å²) >= 11 is 0. The first-order valence-electron chi connectivity index (χ1n) is 43.7. The summed E-state index contributed by atoms with van der Waals surface area (Å²) in [6, 6.07) is 14.9. The summed E-state index contributed by atoms with van der Waals surface area (Å²) in [4.78, 5) is 196. The number of carbonyl (C=O) groups is 13. The van der Waals surface area contributed by atoms with E-state index in [1.807, 2.05) is 32.0 Å². The van der Waals surface area contributed by atoms with E-state index in [-0.39, 0.29) is 98.2 Å². The number of rotatable bonds is 42. The van der Waals surface area contributed by atoms with Crippen LogP contribution in [0.25, 0.3) is 10.9 Å². The summed E-state index contributed by atoms with van der Waals surface area (Å²) in [5.74, 6) is -11.9. The lowest BCUT2D eigenvalue weighted by atomic mass is 9.89. The molecule has 0 aliphatic carbocycles. The Bertz CT molecular complexity index is 4510. The Hall–Kier alpha value is -9.71. The Labute approximate surface area is 770 Å². The molecule has 2 aliphatic rings. The van der Waals surface area contributed by atoms with Gasteiger partial charge in [-0.2, -0.15) is 0 Å². The highest BCUT2D eigenvalue weighted by molar-refractivity contribution is 8.77. The number of primary amides is 1. The number of nitrogens with zero attached hydrogens (tertiary/aromatic N) is 3. The van der Waals surface area contributed by atoms with Crippen molar-refractivity contribution in [3.05, 3.63) is 138 Å². The number of nitrogens with two attached hydrogens (primary N) is 3. The van der Waals surface area contributed by atoms with Gasteiger partial charge < -0.3 is 109 Å². The highest BCUT2D eigenvalue weighted by atomic mass is 33.1. The Balaban J connectivity index is 1.03. The Kier molecular flexibility index (Phi) is 43.7. The molecule has 1 aromatic heterocycles. The van der Waals surface area contributed by atoms with E-state index in [9.17, 15) is 68.1 Å². The fourth-order valence-corrected chi connectivity index (χ4v) is 20.1. The van der Waals surface area contributed by atoms with E-state index in [1.54, 1.807) is 126 Å². The predicted molar refractivity (Wildman–Crippen MR) is 499 cm³/mol. The molecule has 2 aliphatic heterocycles. The summed E-state index contributed by atoms with van der Waals surface area (Å²) < 4.78 is 17.8. The number of nitrogens with one attached hydrogen (secondary N) is 10. The van der Waals surface area contributed by atoms with Gasteiger partial charge in [-0.05, 0) is 117 Å². The van der Waals surface area contributed by atoms with E-state index in [2.05, 4.69) is 52.8 Å². The maximum Gasteiger partial charge on any atom is 0.410 e. The number of hydrogen-bond acceptors (Lipinski definition) is 25. The van der Waals surface area contributed by atoms with E-state index in [0.717, 1.165) is 48.1 Å². The van der Waals surface area contributed by atoms with Gasteiger partial charge >= 0.3 is 6.09 Å². The third kappa shape index (κ3) is 31.5. The number of phenols is 1. The number of aromatic hydroxyl groups is 1. The van der Waals surface area contributed by atoms with Crippen LogP contribution in [0.5, 0.6) is 5.75 Å². The monoisotopic (exact) mass is 1870 g/mol. The number of hydrogen-bond donors (Lipinski definition) is 16. The Morgan fingerprint density at radius 3 is 1.93 bits per heavy atom. The van der Waals surface area contributed by atoms with Gasteiger partial charge in [0.15, 0.2) is 0 Å². The number of ether oxygens (including phenoxy) is 3. The number of likely N-dealkylation sites (N-methyl/N-ethyl adjacent to an activating group) is 2. The van der Waals surface area contributed by atoms with E-state index < -0.39 is 186 Å². The molecule has 0 spiro atoms. The average Bonchev–Trinajstić information content (AvgIpc) is 1.72. The third-order valence-corrected chi connectivity index (χ3v) is 28.1. The second-order valence-corrected chi connectivity index (χ2v) is 38.8. The predicted octanol–water partition coefficient (Wildman–Crippen LogP) is 3.79. The second kappa shape index (κ2) is 53.0. The zero-order valence-corrected chi connectivity index (χ0v) is 79.0. The average molecular weight is 1870 g/mol. The molecule has 35 nitrogen and oxygen atoms in total. The van der Waals surface area contributed by atoms with Crippen LogP contribution in [0.15, 0.2) is 115 Å². The molecule has 2 saturated heterocycles. The number of fused-ring (bicyclic) bond motifs is 1. The molecule has 7 rings (SSSR count). The highest BCUT2D eigenvalue weighted by Gasteiger charge is 2.45. The van der Waals surface area contributed by atoms with Crippen LogP contribution in [0.3, 0.4) is 0 Å². The number of methoxy groups -OCH3 is 2. The number of H-pyrrole nitrogens is 1. The summed E-state index contributed by atoms with van der Waals surface area (Å²) in [5.41, 5.74) is 21.4. The van der Waals surface area contributed by atoms with Crippen molar-refractivity contribution in [1.29, 1.82) is 0 Å². The summed E-state index contributed by atoms with van der Waals surface area (Å²) in [6.45, 7) is 15.9. The second-order valence-electron chi connectivity index (χ2n) is 33.6. The number of aromatic nitrogens is 1. The molecule has 19 N–H and O–H groups in total. The lowest BCUT2D eigenvalue weighted by Gasteiger charge is -2.41. The van der Waals surface area contributed by atoms with Gasteiger partial charge in [-0.25, -0.2) is 4.79 Å². The lowest BCUT2D eigenvalue weighted by molar-refractivity contribution is -0.148. The number of para-hydroxylation sites is 1. The van der Waals surface area contributed by atoms with Crippen molar-refractivity contribution < 1.29 is 91.9 Å². The Morgan fingerprint density at radius 2 is 1.30 bits per heavy atom. The molecule has 13 amide bonds. The van der Waals surface area contributed by atoms with Crippen molar-refractivity contribution in [3.63, 3.8) is 0 Å². The fourth-order valence-electron chi connectivity index (χ4n) is 15.7. The van der Waals surface area contributed by atoms with Crippen molar-refractivity contribution >= 4 is 131 Å². The first-order chi connectivity index (χ1) is 61.4. The lowest BCUT2D eigenvalue weighted by Crippen LogP contribution is -2.62. The van der Waals surface area contributed by atoms with Crippen LogP contribution >= 0.6 is 43.2 Å². The molecular formula is C90H132N16O19S4. The summed E-state index contributed by atoms with van der Waals surface area (Å²) in [6.07, 6.45) is -1.44. The van der Waals surface area contributed by atoms with Gasteiger partial charge in [0.2, 0.25) is 70.9 Å². The number of unbranched alkanes of at least 4 members (excludes halogenated alkanes) is 1. The van der Waals surface area contributed by atoms with Crippen LogP contribution in [-0.4, -0.2) is 280 Å². The van der Waals surface area contributed by atoms with E-state index in [1.165, 1.54) is 57.4 Å². The first kappa shape index (κ1) is 106. The zero-order valence-electron chi connectivity index (χ0n) is 75.7. The quantitative estimate of drug-likeness (QED) is 0.0195. The molecule has 129 heavy (non-hydrogen) atoms. The molecular weight excluding hydrogens is 1740 g/mol. The standard InChI is InChI=1S/C90H132N16O19S4/c1-14-52(6)76(71(123-12)45-72(109)106-39-25-33-70(106)78(124-13)53(7)80(112)95-54(8)77(110)58-28-19-16-20-29-58)104(10)89(121)73(50(2)3)102-88(120)75(51(4)5)105(11)90(122)125-40-41-126-127-47-67(79(93)111)99-86(118)69-49-129-128-48-68(100-81(113)62(92)42-56-26-17-15-18-27-56)85(117)97-65(43-57-34-36-60(108)37-35-57)83(115)98-66(44-59-46-94-63-31-22-21-30-61(59)63)84(116)96-64(32-23-24-38-91)82(114)103-74(55(9)107)87(119)101-69/h15-22,26-31,34-37,46,50-55,62,64-71,73-78,94,107-108,110H,14,23-25,32-33,38-45,47-49,91-92H2,1-13H3,(H2,93,111)(H,95,112)(H,96,116)(H,97,117)(H,98,115)(H,99,118)(H,100,113)(H,101,119)(H,102,120)(H,103,114)/t52-,53+,54+,55+,62+,64-,65-,66+,67-,68-,69-,70-,71+,73-,74-,75-,76-,77+,78+/m0/s1. The van der Waals surface area contributed by atoms with Crippen LogP contribution < -0.4 is 65.1 Å². The van der Waals surface area contributed by atoms with Gasteiger partial charge in [0.1, 0.15) is 66.7 Å². The summed E-state index contributed by atoms with van der Waals surface area (Å²) in [7, 11) is 10.1. The van der Waals surface area contributed by atoms with Crippen LogP contribution in [-0.2, 0) is 91.0 Å². The molecule has 39 heteroatoms. The number of aliphatic hydroxyl groups is 2. The maximum absolute atomic E-state index is 15.1. The topological polar surface area (TPSA) is 522 Å². The van der Waals surface area contributed by atoms with Crippen molar-refractivity contribution in [2.75, 3.05) is 71.0 Å². The number of likely N-dealkylation sites (tertiary alicyclic amines) is 1. The maximum atomic E-state index is 15.1. The van der Waals surface area contributed by atoms with Gasteiger partial charge in [0.25, 0.3) is 0 Å². The van der Waals surface area contributed by atoms with E-state index >= 15 is 9.59 Å². The first-order valence-corrected chi connectivity index (χ1v) is 48.7. The molecule has 3 heterocycles. The normalized spacial score (nSPS) is 20.9. The van der Waals surface area contributed by atoms with Crippen LogP contribution in [0.1, 0.15) is 136 Å². The van der Waals surface area contributed by atoms with Crippen LogP contribution in [0.4, 0.5) is 4.79 Å². The van der Waals surface area contributed by atoms with Gasteiger partial charge in [-0.1, -0.05) is 189 Å². The minimum absolute atomic E-state index is 0.0577. The van der Waals surface area contributed by atoms with Crippen molar-refractivity contribution in [3.8, 4) is 5.75 Å². The molecule has 19 atom stereocenters. The number of benzene rings is 4. The third-order valence-electron chi connectivity index (χ3n) is 23.3. The van der Waals surface area contributed by atoms with E-state index in [0.29, 0.717) is 65.4 Å². The van der Waals surface area contributed by atoms with Gasteiger partial charge in [0, 0.05) is 87.8 Å². The number of carbonyl (C=O) groups excluding carboxylic acids is 13. The minimum atomic E-state index is -1.81. The van der Waals surface area contributed by atoms with Crippen LogP contribution in [0.2, 0.25) is 0 Å². The largest absolute Gasteiger partial charge is 0.508 e. The highest BCUT2D eigenvalue weighted by Crippen LogP contribution is 2.32. The van der Waals surface area contributed by atoms with Crippen molar-refractivity contribution in [2.45, 2.75) is 229 Å². The molecule has 0 bridgehead atoms. The number of aliphatic hydroxyl groups excluding tert-OH is 2. The number of phenolic OH excluding ortho intramolecular Hbond substituents is 1. The molecule has 4 aromatic carbocycles. The van der Waals surface area contributed by atoms with Crippen molar-refractivity contribution in [1.82, 2.24) is 67.5 Å². The molecule has 0 saturated carbocycles. The van der Waals surface area contributed by atoms with Crippen LogP contribution in [0, 0.1) is 23.7 Å². The molecule has 710 valence electrons. The van der Waals surface area contributed by atoms with Gasteiger partial charge in [-0.3, -0.25) is 62.4 Å². The van der Waals surface area contributed by atoms with E-state index in [4.69, 9.17) is 31.4 Å². The number of amides is 13. The smallest absolute Gasteiger partial charge is 0.410 e. The summed E-state index contributed by atoms with van der Waals surface area (Å²) in [5, 5.41) is 58.0. The zero-order chi connectivity index (χ0) is 94.9. The molecule has 2 fully saturated rings. The number of aromatic amines is 1. The molecule has 0 radical (unpaired) electrons. The van der Waals surface area contributed by atoms with Gasteiger partial charge in [0.05, 0.1) is 60.9 Å². The van der Waals surface area contributed by atoms with Crippen molar-refractivity contribution in [2.24, 2.45) is 40.9 Å². The SMILES string of the molecule is CC[C@H](C)[C@@H]([C@@H](CC(=O)N1CCC[C@H]1[C@H](OC)[C@@H](C)C(=O)N[C@H](C)[C@@H](O)c1ccccc1)OC)N(C)C(=O)[C@@H](NC(=O)[C@H](C(C)C)N(C)C(=O)OCCSSC[C@H](NC(=O)[C@@H]1CSSC[C@H](NC(=O)[C@H](N)Cc2ccccc2)C(=O)N[C@@H](Cc2ccc(O)cc2)C(=O)N[C@H](Cc2c[nH]c3ccccc23)C(=O)N[C@@H](CCCCN)C(=O)N[C@@H]([C@@H](C)O)C(=O)N1)C(N)=O)C(C)C. The van der Waals surface area contributed by atoms with Gasteiger partial charge in [-0.15, -0.1) is 0 Å². The molecule has 0 unspecified atom stereocenters. The fraction of sp³-hybridized carbons (Fsp3) is 0.567. The Morgan fingerprint density at radius 1 is 0.674 bits per heavy atom. The minimum Gasteiger partial charge on any atom is -0.508 e. The molecule has 5 aromatic rings.